The molecule has 15 nitrogen and oxygen atoms in total. The number of hydrogen-bond acceptors (Lipinski definition) is 14. The Kier molecular flexibility index (Phi) is 13.8. The molecule has 2 aromatic rings. The molecule has 3 aliphatic heterocycles. The summed E-state index contributed by atoms with van der Waals surface area (Å²) in [4.78, 5) is 45.4. The normalized spacial score (nSPS) is 31.0. The number of nitrogens with one attached hydrogen (secondary N) is 1. The molecule has 306 valence electrons. The number of phenols is 3. The molecule has 3 aliphatic rings. The summed E-state index contributed by atoms with van der Waals surface area (Å²) in [6, 6.07) is 0. The number of phenolic OH excluding ortho intramolecular Hbond substituents is 3. The van der Waals surface area contributed by atoms with Crippen LogP contribution in [0, 0.1) is 30.6 Å². The minimum absolute atomic E-state index is 0.0363. The molecule has 0 aliphatic carbocycles. The highest BCUT2D eigenvalue weighted by molar-refractivity contribution is 6.23. The van der Waals surface area contributed by atoms with E-state index in [1.807, 2.05) is 6.92 Å². The van der Waals surface area contributed by atoms with Crippen LogP contribution < -0.4 is 10.1 Å². The summed E-state index contributed by atoms with van der Waals surface area (Å²) in [6.45, 7) is 14.5. The Morgan fingerprint density at radius 2 is 1.66 bits per heavy atom. The third-order valence-corrected chi connectivity index (χ3v) is 10.6. The molecular formula is C41H54N2O13. The first kappa shape index (κ1) is 43.6. The molecule has 3 heterocycles. The van der Waals surface area contributed by atoms with E-state index in [0.29, 0.717) is 6.42 Å². The second kappa shape index (κ2) is 17.8. The van der Waals surface area contributed by atoms with Crippen molar-refractivity contribution in [2.45, 2.75) is 98.9 Å². The number of rotatable bonds is 6. The van der Waals surface area contributed by atoms with E-state index in [4.69, 9.17) is 23.8 Å². The largest absolute Gasteiger partial charge is 0.507 e. The lowest BCUT2D eigenvalue weighted by Gasteiger charge is -2.38. The zero-order valence-corrected chi connectivity index (χ0v) is 33.4. The molecule has 5 rings (SSSR count). The standard InChI is InChI=1S/C41H54N2O13/c1-11-16-54-42-18-26-31-36(49)29-28(35(26)48)30-38(24(7)34(29)47)56-41(9,39(30)50)53-17-15-27(52-10)21(4)37(55-25(8)44)23(6)33(46)22(5)32(45)19(2)13-12-14-20(3)40(51)43-31/h12-15,17-19,21-23,27,32-33,37,45-49H,11,16H2,1-10H3,(H,43,51)/b13-12-,17-15-,20-14-,42-18+/t19-,21+,22+,23+,27-,32-,33+,37+,41-/m0/s1. The first-order valence-electron chi connectivity index (χ1n) is 18.6. The number of carbonyl (C=O) groups is 3. The molecule has 0 spiro atoms. The first-order chi connectivity index (χ1) is 26.3. The minimum atomic E-state index is -2.05. The molecule has 56 heavy (non-hydrogen) atoms. The molecule has 0 fully saturated rings. The van der Waals surface area contributed by atoms with Gasteiger partial charge in [0.2, 0.25) is 0 Å². The summed E-state index contributed by atoms with van der Waals surface area (Å²) >= 11 is 0. The van der Waals surface area contributed by atoms with Crippen LogP contribution in [0.25, 0.3) is 10.8 Å². The third-order valence-electron chi connectivity index (χ3n) is 10.6. The van der Waals surface area contributed by atoms with Crippen molar-refractivity contribution in [3.63, 3.8) is 0 Å². The lowest BCUT2D eigenvalue weighted by atomic mass is 9.78. The van der Waals surface area contributed by atoms with Gasteiger partial charge in [-0.2, -0.15) is 0 Å². The molecule has 0 saturated heterocycles. The highest BCUT2D eigenvalue weighted by Gasteiger charge is 2.50. The number of aliphatic hydroxyl groups excluding tert-OH is 2. The zero-order chi connectivity index (χ0) is 41.8. The topological polar surface area (TPSA) is 223 Å². The second-order valence-electron chi connectivity index (χ2n) is 14.7. The summed E-state index contributed by atoms with van der Waals surface area (Å²) in [5.41, 5.74) is -0.591. The van der Waals surface area contributed by atoms with E-state index in [1.54, 1.807) is 39.8 Å². The highest BCUT2D eigenvalue weighted by atomic mass is 16.7. The SMILES string of the molecule is CCCO/N=C/c1c2c(O)c3c(O)c(C)c4c(c3c1O)C(=O)[C@@](C)(O/C=C\[C@H](OC)[C@@H](C)[C@@H](OC(C)=O)[C@H](C)[C@H](O)[C@H](C)[C@@H](O)[C@@H](C)/C=C\C=C(\C)C(=O)N2)O4. The molecule has 0 aromatic heterocycles. The van der Waals surface area contributed by atoms with Gasteiger partial charge >= 0.3 is 11.8 Å². The average Bonchev–Trinajstić information content (AvgIpc) is 3.42. The van der Waals surface area contributed by atoms with E-state index >= 15 is 0 Å². The summed E-state index contributed by atoms with van der Waals surface area (Å²) in [7, 11) is 1.43. The Balaban J connectivity index is 1.97. The summed E-state index contributed by atoms with van der Waals surface area (Å²) in [5, 5.41) is 63.6. The number of ketones is 1. The van der Waals surface area contributed by atoms with Gasteiger partial charge in [0.15, 0.2) is 5.75 Å². The molecular weight excluding hydrogens is 728 g/mol. The number of methoxy groups -OCH3 is 1. The van der Waals surface area contributed by atoms with E-state index in [-0.39, 0.29) is 51.1 Å². The second-order valence-corrected chi connectivity index (χ2v) is 14.7. The molecule has 0 saturated carbocycles. The third kappa shape index (κ3) is 8.49. The maximum Gasteiger partial charge on any atom is 0.312 e. The van der Waals surface area contributed by atoms with E-state index in [1.165, 1.54) is 53.2 Å². The van der Waals surface area contributed by atoms with Crippen LogP contribution >= 0.6 is 0 Å². The Hall–Kier alpha value is -5.12. The number of nitrogens with zero attached hydrogens (tertiary/aromatic N) is 1. The number of oxime groups is 1. The number of esters is 1. The predicted octanol–water partition coefficient (Wildman–Crippen LogP) is 5.51. The quantitative estimate of drug-likeness (QED) is 0.0532. The molecule has 1 amide bonds. The van der Waals surface area contributed by atoms with Crippen LogP contribution in [0.5, 0.6) is 23.0 Å². The van der Waals surface area contributed by atoms with Crippen molar-refractivity contribution >= 4 is 40.3 Å². The van der Waals surface area contributed by atoms with Gasteiger partial charge in [-0.1, -0.05) is 58.0 Å². The predicted molar refractivity (Wildman–Crippen MR) is 208 cm³/mol. The number of Topliss-reactive ketones (excluding diaryl/α,β-unsaturated/α-hetero) is 1. The highest BCUT2D eigenvalue weighted by Crippen LogP contribution is 2.55. The Labute approximate surface area is 326 Å². The first-order valence-corrected chi connectivity index (χ1v) is 18.6. The van der Waals surface area contributed by atoms with E-state index in [0.717, 1.165) is 6.21 Å². The Bertz CT molecular complexity index is 1950. The van der Waals surface area contributed by atoms with Gasteiger partial charge in [0.1, 0.15) is 30.0 Å². The van der Waals surface area contributed by atoms with Gasteiger partial charge in [-0.15, -0.1) is 0 Å². The molecule has 0 unspecified atom stereocenters. The summed E-state index contributed by atoms with van der Waals surface area (Å²) < 4.78 is 23.4. The van der Waals surface area contributed by atoms with Gasteiger partial charge < -0.3 is 54.6 Å². The number of hydrogen-bond donors (Lipinski definition) is 6. The van der Waals surface area contributed by atoms with Crippen LogP contribution in [0.1, 0.15) is 83.3 Å². The number of amides is 1. The Morgan fingerprint density at radius 3 is 2.29 bits per heavy atom. The average molecular weight is 783 g/mol. The fourth-order valence-electron chi connectivity index (χ4n) is 7.11. The number of benzene rings is 2. The number of fused-ring (bicyclic) bond motifs is 14. The van der Waals surface area contributed by atoms with Crippen LogP contribution in [-0.4, -0.2) is 93.3 Å². The lowest BCUT2D eigenvalue weighted by molar-refractivity contribution is -0.160. The molecule has 9 atom stereocenters. The van der Waals surface area contributed by atoms with Crippen molar-refractivity contribution in [2.75, 3.05) is 19.0 Å². The maximum absolute atomic E-state index is 14.3. The van der Waals surface area contributed by atoms with Crippen LogP contribution in [0.4, 0.5) is 5.69 Å². The van der Waals surface area contributed by atoms with Crippen LogP contribution in [0.15, 0.2) is 41.3 Å². The van der Waals surface area contributed by atoms with E-state index < -0.39 is 88.8 Å². The van der Waals surface area contributed by atoms with Crippen molar-refractivity contribution in [3.05, 3.63) is 52.8 Å². The molecule has 2 aromatic carbocycles. The van der Waals surface area contributed by atoms with Gasteiger partial charge in [-0.25, -0.2) is 0 Å². The van der Waals surface area contributed by atoms with Crippen LogP contribution in [0.2, 0.25) is 0 Å². The number of allylic oxidation sites excluding steroid dienone is 2. The van der Waals surface area contributed by atoms with Gasteiger partial charge in [-0.3, -0.25) is 14.4 Å². The van der Waals surface area contributed by atoms with E-state index in [9.17, 15) is 39.9 Å². The minimum Gasteiger partial charge on any atom is -0.507 e. The monoisotopic (exact) mass is 782 g/mol. The van der Waals surface area contributed by atoms with Crippen molar-refractivity contribution in [3.8, 4) is 23.0 Å². The summed E-state index contributed by atoms with van der Waals surface area (Å²) in [5.74, 6) is -8.59. The van der Waals surface area contributed by atoms with Crippen molar-refractivity contribution < 1.29 is 63.7 Å². The van der Waals surface area contributed by atoms with Gasteiger partial charge in [-0.05, 0) is 26.3 Å². The smallest absolute Gasteiger partial charge is 0.312 e. The molecule has 15 heteroatoms. The molecule has 5 bridgehead atoms. The summed E-state index contributed by atoms with van der Waals surface area (Å²) in [6.07, 6.45) is 5.13. The van der Waals surface area contributed by atoms with Crippen LogP contribution in [-0.2, 0) is 28.6 Å². The van der Waals surface area contributed by atoms with E-state index in [2.05, 4.69) is 10.5 Å². The van der Waals surface area contributed by atoms with Crippen molar-refractivity contribution in [1.29, 1.82) is 0 Å². The number of anilines is 1. The molecule has 0 radical (unpaired) electrons. The molecule has 6 N–H and O–H groups in total. The van der Waals surface area contributed by atoms with Gasteiger partial charge in [0.25, 0.3) is 11.7 Å². The lowest BCUT2D eigenvalue weighted by Crippen LogP contribution is -2.46. The number of aliphatic hydroxyl groups is 2. The van der Waals surface area contributed by atoms with Gasteiger partial charge in [0.05, 0.1) is 53.0 Å². The maximum atomic E-state index is 14.3. The van der Waals surface area contributed by atoms with Crippen molar-refractivity contribution in [1.82, 2.24) is 0 Å². The fourth-order valence-corrected chi connectivity index (χ4v) is 7.11. The van der Waals surface area contributed by atoms with Crippen LogP contribution in [0.3, 0.4) is 0 Å². The number of ether oxygens (including phenoxy) is 4. The van der Waals surface area contributed by atoms with Gasteiger partial charge in [0, 0.05) is 61.2 Å². The fraction of sp³-hybridized carbons (Fsp3) is 0.512. The Morgan fingerprint density at radius 1 is 0.982 bits per heavy atom. The zero-order valence-electron chi connectivity index (χ0n) is 33.4. The van der Waals surface area contributed by atoms with Crippen molar-refractivity contribution in [2.24, 2.45) is 28.8 Å². The number of carbonyl (C=O) groups excluding carboxylic acids is 3. The number of aromatic hydroxyl groups is 3.